The van der Waals surface area contributed by atoms with Gasteiger partial charge in [0.25, 0.3) is 0 Å². The van der Waals surface area contributed by atoms with Crippen LogP contribution in [0.1, 0.15) is 359 Å². The third-order valence-corrected chi connectivity index (χ3v) is 12.8. The molecule has 0 aromatic rings. The molecule has 14 nitrogen and oxygen atoms in total. The predicted molar refractivity (Wildman–Crippen MR) is 403 cm³/mol. The number of hydrogen-bond acceptors (Lipinski definition) is 14. The van der Waals surface area contributed by atoms with Crippen LogP contribution in [0.4, 0.5) is 0 Å². The molecule has 0 amide bonds. The maximum atomic E-state index is 11.7. The first kappa shape index (κ1) is 105. The number of ether oxygens (including phenoxy) is 7. The first-order valence-corrected chi connectivity index (χ1v) is 36.9. The van der Waals surface area contributed by atoms with Gasteiger partial charge in [0.2, 0.25) is 0 Å². The standard InChI is InChI=1S/C13H24O2.2C12H24O2.2C11H22O2.C10H20O3.C7H16.C5H13N/c1-10(9-13(2,3)4)15-12(14)11-7-5-6-8-11;1-9(2)7-11(13)14-10(3)8-12(4,5)6;1-10(2)9-11(13)14-8-6-7-12(3,4)5;1-8(2)10(12)13-9(3)7-11(4,5)6;1-9(2)8-10(12)13-7-6-11(3,4)5;1-5-6-12-7-9(11)13-8-10(2,3)4;1-5-6-7(2,3)4;1-5(2,3)4-6/h10-11H,5-9H2,1-4H3;9-10H,7-8H2,1-6H3;10H,6-9H2,1-5H3;8-9H,7H2,1-6H3;9H,6-8H2,1-5H3;5-8H2,1-4H3;5-6H2,1-4H3;4,6H2,1-3H3. The van der Waals surface area contributed by atoms with Crippen molar-refractivity contribution in [2.45, 2.75) is 377 Å². The van der Waals surface area contributed by atoms with Gasteiger partial charge in [-0.25, -0.2) is 4.79 Å². The molecule has 3 unspecified atom stereocenters. The van der Waals surface area contributed by atoms with E-state index in [1.165, 1.54) is 25.7 Å². The molecule has 1 rings (SSSR count). The fraction of sp³-hybridized carbons (Fsp3) is 0.926. The number of hydrogen-bond donors (Lipinski definition) is 1. The van der Waals surface area contributed by atoms with Crippen molar-refractivity contribution in [2.24, 2.45) is 78.6 Å². The minimum absolute atomic E-state index is 0.0231. The summed E-state index contributed by atoms with van der Waals surface area (Å²) in [6.07, 6.45) is 15.5. The largest absolute Gasteiger partial charge is 0.466 e. The molecule has 95 heavy (non-hydrogen) atoms. The summed E-state index contributed by atoms with van der Waals surface area (Å²) in [5.41, 5.74) is 7.46. The van der Waals surface area contributed by atoms with Gasteiger partial charge in [0.1, 0.15) is 6.61 Å². The second kappa shape index (κ2) is 54.6. The summed E-state index contributed by atoms with van der Waals surface area (Å²) >= 11 is 0. The lowest BCUT2D eigenvalue weighted by atomic mass is 9.89. The maximum Gasteiger partial charge on any atom is 0.332 e. The zero-order valence-electron chi connectivity index (χ0n) is 70.1. The fourth-order valence-corrected chi connectivity index (χ4v) is 8.54. The third kappa shape index (κ3) is 102. The number of nitrogens with two attached hydrogens (primary N) is 1. The molecule has 2 N–H and O–H groups in total. The van der Waals surface area contributed by atoms with Crippen LogP contribution >= 0.6 is 0 Å². The van der Waals surface area contributed by atoms with E-state index < -0.39 is 0 Å². The van der Waals surface area contributed by atoms with Crippen molar-refractivity contribution >= 4 is 35.8 Å². The van der Waals surface area contributed by atoms with Crippen molar-refractivity contribution in [3.63, 3.8) is 0 Å². The lowest BCUT2D eigenvalue weighted by Crippen LogP contribution is -2.24. The Kier molecular flexibility index (Phi) is 60.4. The Bertz CT molecular complexity index is 1890. The molecule has 572 valence electrons. The van der Waals surface area contributed by atoms with Crippen LogP contribution in [0.5, 0.6) is 0 Å². The van der Waals surface area contributed by atoms with E-state index >= 15 is 0 Å². The highest BCUT2D eigenvalue weighted by Gasteiger charge is 2.27. The van der Waals surface area contributed by atoms with Gasteiger partial charge in [-0.3, -0.25) is 24.0 Å². The van der Waals surface area contributed by atoms with E-state index in [1.54, 1.807) is 0 Å². The van der Waals surface area contributed by atoms with Crippen molar-refractivity contribution in [1.82, 2.24) is 0 Å². The molecule has 0 aromatic heterocycles. The van der Waals surface area contributed by atoms with Crippen LogP contribution < -0.4 is 5.73 Å². The van der Waals surface area contributed by atoms with Gasteiger partial charge in [0, 0.05) is 25.9 Å². The Morgan fingerprint density at radius 2 is 0.747 bits per heavy atom. The Morgan fingerprint density at radius 3 is 1.05 bits per heavy atom. The molecular weight excluding hydrogens is 1190 g/mol. The van der Waals surface area contributed by atoms with Crippen LogP contribution in [0.15, 0.2) is 0 Å². The molecule has 0 spiro atoms. The minimum Gasteiger partial charge on any atom is -0.466 e. The lowest BCUT2D eigenvalue weighted by molar-refractivity contribution is -0.154. The second-order valence-electron chi connectivity index (χ2n) is 37.8. The lowest BCUT2D eigenvalue weighted by Gasteiger charge is -2.24. The number of carbonyl (C=O) groups is 6. The average Bonchev–Trinajstić information content (AvgIpc) is 1.93. The minimum atomic E-state index is -0.275. The SMILES string of the molecule is CC(C)(C)CN.CC(C)CC(=O)OC(C)CC(C)(C)C.CC(C)CC(=O)OCCC(C)(C)C.CC(C)CC(=O)OCCCC(C)(C)C.CC(CC(C)(C)C)OC(=O)C(C)C.CC(CC(C)(C)C)OC(=O)C1CCCC1.CCCC(C)(C)C.CCCOCC(=O)OCC(C)(C)C. The summed E-state index contributed by atoms with van der Waals surface area (Å²) in [5, 5.41) is 0. The molecule has 0 radical (unpaired) electrons. The Morgan fingerprint density at radius 1 is 0.389 bits per heavy atom. The van der Waals surface area contributed by atoms with Gasteiger partial charge in [-0.2, -0.15) is 0 Å². The topological polar surface area (TPSA) is 193 Å². The van der Waals surface area contributed by atoms with E-state index in [9.17, 15) is 28.8 Å². The van der Waals surface area contributed by atoms with E-state index in [0.29, 0.717) is 79.7 Å². The van der Waals surface area contributed by atoms with Crippen LogP contribution in [0.2, 0.25) is 0 Å². The summed E-state index contributed by atoms with van der Waals surface area (Å²) in [6, 6.07) is 0. The van der Waals surface area contributed by atoms with Crippen molar-refractivity contribution < 1.29 is 61.9 Å². The summed E-state index contributed by atoms with van der Waals surface area (Å²) in [7, 11) is 0. The van der Waals surface area contributed by atoms with Gasteiger partial charge < -0.3 is 38.9 Å². The van der Waals surface area contributed by atoms with Crippen molar-refractivity contribution in [2.75, 3.05) is 39.6 Å². The highest BCUT2D eigenvalue weighted by atomic mass is 16.6. The second-order valence-corrected chi connectivity index (χ2v) is 37.8. The number of rotatable bonds is 25. The monoisotopic (exact) mass is 1360 g/mol. The van der Waals surface area contributed by atoms with Crippen molar-refractivity contribution in [3.05, 3.63) is 0 Å². The maximum absolute atomic E-state index is 11.7. The molecule has 1 saturated carbocycles. The summed E-state index contributed by atoms with van der Waals surface area (Å²) in [4.78, 5) is 67.6. The van der Waals surface area contributed by atoms with Crippen LogP contribution in [0.3, 0.4) is 0 Å². The summed E-state index contributed by atoms with van der Waals surface area (Å²) < 4.78 is 36.2. The molecule has 1 aliphatic carbocycles. The normalized spacial score (nSPS) is 13.8. The first-order chi connectivity index (χ1) is 42.5. The van der Waals surface area contributed by atoms with Gasteiger partial charge in [0.05, 0.1) is 50.0 Å². The summed E-state index contributed by atoms with van der Waals surface area (Å²) in [6.45, 7) is 80.7. The van der Waals surface area contributed by atoms with Gasteiger partial charge in [0.15, 0.2) is 0 Å². The van der Waals surface area contributed by atoms with Crippen LogP contribution in [-0.4, -0.2) is 93.7 Å². The van der Waals surface area contributed by atoms with Gasteiger partial charge in [-0.1, -0.05) is 255 Å². The first-order valence-electron chi connectivity index (χ1n) is 36.9. The quantitative estimate of drug-likeness (QED) is 0.0515. The van der Waals surface area contributed by atoms with E-state index in [-0.39, 0.29) is 99.6 Å². The zero-order chi connectivity index (χ0) is 76.6. The number of esters is 6. The van der Waals surface area contributed by atoms with E-state index in [1.807, 2.05) is 104 Å². The third-order valence-electron chi connectivity index (χ3n) is 12.8. The van der Waals surface area contributed by atoms with Gasteiger partial charge >= 0.3 is 35.8 Å². The van der Waals surface area contributed by atoms with E-state index in [2.05, 4.69) is 152 Å². The molecular formula is C81H165NO13. The molecule has 0 aromatic carbocycles. The highest BCUT2D eigenvalue weighted by molar-refractivity contribution is 5.73. The Hall–Kier alpha value is -3.26. The summed E-state index contributed by atoms with van der Waals surface area (Å²) in [5.74, 6) is 0.778. The average molecular weight is 1360 g/mol. The van der Waals surface area contributed by atoms with E-state index in [4.69, 9.17) is 38.9 Å². The highest BCUT2D eigenvalue weighted by Crippen LogP contribution is 2.29. The molecule has 1 aliphatic rings. The fourth-order valence-electron chi connectivity index (χ4n) is 8.54. The Labute approximate surface area is 590 Å². The molecule has 0 bridgehead atoms. The number of carbonyl (C=O) groups excluding carboxylic acids is 6. The van der Waals surface area contributed by atoms with Gasteiger partial charge in [-0.05, 0) is 153 Å². The van der Waals surface area contributed by atoms with Crippen molar-refractivity contribution in [1.29, 1.82) is 0 Å². The molecule has 0 aliphatic heterocycles. The molecule has 1 fully saturated rings. The van der Waals surface area contributed by atoms with Crippen LogP contribution in [-0.2, 0) is 61.9 Å². The molecule has 0 heterocycles. The smallest absolute Gasteiger partial charge is 0.332 e. The van der Waals surface area contributed by atoms with Crippen LogP contribution in [0, 0.1) is 72.9 Å². The van der Waals surface area contributed by atoms with Crippen LogP contribution in [0.25, 0.3) is 0 Å². The molecule has 3 atom stereocenters. The Balaban J connectivity index is -0.000000189. The van der Waals surface area contributed by atoms with Gasteiger partial charge in [-0.15, -0.1) is 0 Å². The van der Waals surface area contributed by atoms with E-state index in [0.717, 1.165) is 64.3 Å². The molecule has 0 saturated heterocycles. The predicted octanol–water partition coefficient (Wildman–Crippen LogP) is 22.2. The van der Waals surface area contributed by atoms with Crippen molar-refractivity contribution in [3.8, 4) is 0 Å². The zero-order valence-corrected chi connectivity index (χ0v) is 70.1. The molecule has 14 heteroatoms.